The van der Waals surface area contributed by atoms with Crippen LogP contribution in [-0.2, 0) is 6.54 Å². The van der Waals surface area contributed by atoms with Crippen LogP contribution in [0.15, 0.2) is 54.7 Å². The Balaban J connectivity index is 2.00. The first kappa shape index (κ1) is 12.6. The summed E-state index contributed by atoms with van der Waals surface area (Å²) in [7, 11) is 0. The quantitative estimate of drug-likeness (QED) is 0.764. The Morgan fingerprint density at radius 2 is 1.80 bits per heavy atom. The lowest BCUT2D eigenvalue weighted by molar-refractivity contribution is 0.628. The Hall–Kier alpha value is -2.46. The largest absolute Gasteiger partial charge is 0.338 e. The molecule has 0 aliphatic carbocycles. The van der Waals surface area contributed by atoms with Gasteiger partial charge in [-0.2, -0.15) is 0 Å². The molecule has 4 heteroatoms. The molecular weight excluding hydrogens is 253 g/mol. The third-order valence-electron chi connectivity index (χ3n) is 3.22. The van der Waals surface area contributed by atoms with Gasteiger partial charge in [0.1, 0.15) is 11.6 Å². The maximum atomic E-state index is 12.9. The second-order valence-corrected chi connectivity index (χ2v) is 4.51. The van der Waals surface area contributed by atoms with Gasteiger partial charge in [0, 0.05) is 12.1 Å². The Labute approximate surface area is 116 Å². The SMILES string of the molecule is NCc1ccccc1-c1ncc(-c2ccc(F)cc2)[nH]1. The van der Waals surface area contributed by atoms with Gasteiger partial charge in [-0.15, -0.1) is 0 Å². The molecule has 0 aliphatic rings. The highest BCUT2D eigenvalue weighted by molar-refractivity contribution is 5.66. The number of H-pyrrole nitrogens is 1. The standard InChI is InChI=1S/C16H14FN3/c17-13-7-5-11(6-8-13)15-10-19-16(20-15)14-4-2-1-3-12(14)9-18/h1-8,10H,9,18H2,(H,19,20). The van der Waals surface area contributed by atoms with Gasteiger partial charge in [0.15, 0.2) is 0 Å². The molecule has 2 aromatic carbocycles. The van der Waals surface area contributed by atoms with Gasteiger partial charge in [0.25, 0.3) is 0 Å². The number of hydrogen-bond acceptors (Lipinski definition) is 2. The van der Waals surface area contributed by atoms with Crippen molar-refractivity contribution in [2.24, 2.45) is 5.73 Å². The Morgan fingerprint density at radius 1 is 1.05 bits per heavy atom. The minimum atomic E-state index is -0.248. The van der Waals surface area contributed by atoms with E-state index in [1.165, 1.54) is 12.1 Å². The van der Waals surface area contributed by atoms with Crippen molar-refractivity contribution in [3.05, 3.63) is 66.1 Å². The highest BCUT2D eigenvalue weighted by Gasteiger charge is 2.08. The van der Waals surface area contributed by atoms with E-state index in [1.54, 1.807) is 18.3 Å². The molecule has 1 aromatic heterocycles. The average molecular weight is 267 g/mol. The van der Waals surface area contributed by atoms with E-state index in [-0.39, 0.29) is 5.82 Å². The number of nitrogens with one attached hydrogen (secondary N) is 1. The summed E-state index contributed by atoms with van der Waals surface area (Å²) in [6.07, 6.45) is 1.75. The molecule has 0 bridgehead atoms. The van der Waals surface area contributed by atoms with Gasteiger partial charge in [0.05, 0.1) is 11.9 Å². The molecule has 0 unspecified atom stereocenters. The number of benzene rings is 2. The number of aromatic amines is 1. The van der Waals surface area contributed by atoms with Crippen LogP contribution in [-0.4, -0.2) is 9.97 Å². The van der Waals surface area contributed by atoms with Crippen molar-refractivity contribution in [3.63, 3.8) is 0 Å². The molecule has 0 fully saturated rings. The van der Waals surface area contributed by atoms with E-state index >= 15 is 0 Å². The van der Waals surface area contributed by atoms with Gasteiger partial charge in [-0.3, -0.25) is 0 Å². The van der Waals surface area contributed by atoms with Crippen molar-refractivity contribution in [3.8, 4) is 22.6 Å². The van der Waals surface area contributed by atoms with E-state index in [0.717, 1.165) is 28.2 Å². The van der Waals surface area contributed by atoms with Crippen molar-refractivity contribution in [1.29, 1.82) is 0 Å². The molecule has 3 aromatic rings. The summed E-state index contributed by atoms with van der Waals surface area (Å²) in [4.78, 5) is 7.64. The first-order valence-corrected chi connectivity index (χ1v) is 6.37. The molecule has 3 rings (SSSR count). The summed E-state index contributed by atoms with van der Waals surface area (Å²) in [6, 6.07) is 14.2. The van der Waals surface area contributed by atoms with Crippen molar-refractivity contribution in [2.75, 3.05) is 0 Å². The highest BCUT2D eigenvalue weighted by atomic mass is 19.1. The minimum Gasteiger partial charge on any atom is -0.338 e. The predicted octanol–water partition coefficient (Wildman–Crippen LogP) is 3.34. The molecule has 0 atom stereocenters. The third-order valence-corrected chi connectivity index (χ3v) is 3.22. The summed E-state index contributed by atoms with van der Waals surface area (Å²) in [5.74, 6) is 0.521. The molecule has 0 aliphatic heterocycles. The molecule has 3 nitrogen and oxygen atoms in total. The summed E-state index contributed by atoms with van der Waals surface area (Å²) >= 11 is 0. The Kier molecular flexibility index (Phi) is 3.31. The van der Waals surface area contributed by atoms with Crippen LogP contribution >= 0.6 is 0 Å². The maximum Gasteiger partial charge on any atom is 0.138 e. The smallest absolute Gasteiger partial charge is 0.138 e. The van der Waals surface area contributed by atoms with Crippen molar-refractivity contribution in [2.45, 2.75) is 6.54 Å². The normalized spacial score (nSPS) is 10.7. The number of aromatic nitrogens is 2. The summed E-state index contributed by atoms with van der Waals surface area (Å²) < 4.78 is 12.9. The van der Waals surface area contributed by atoms with Gasteiger partial charge >= 0.3 is 0 Å². The monoisotopic (exact) mass is 267 g/mol. The molecule has 0 amide bonds. The molecule has 1 heterocycles. The fourth-order valence-electron chi connectivity index (χ4n) is 2.16. The maximum absolute atomic E-state index is 12.9. The van der Waals surface area contributed by atoms with Gasteiger partial charge < -0.3 is 10.7 Å². The number of nitrogens with two attached hydrogens (primary N) is 1. The topological polar surface area (TPSA) is 54.7 Å². The molecule has 100 valence electrons. The van der Waals surface area contributed by atoms with Crippen LogP contribution in [0.3, 0.4) is 0 Å². The van der Waals surface area contributed by atoms with Crippen LogP contribution in [0.2, 0.25) is 0 Å². The summed E-state index contributed by atoms with van der Waals surface area (Å²) in [5, 5.41) is 0. The first-order chi connectivity index (χ1) is 9.78. The van der Waals surface area contributed by atoms with Gasteiger partial charge in [0.2, 0.25) is 0 Å². The highest BCUT2D eigenvalue weighted by Crippen LogP contribution is 2.24. The molecular formula is C16H14FN3. The molecule has 20 heavy (non-hydrogen) atoms. The lowest BCUT2D eigenvalue weighted by Crippen LogP contribution is -1.99. The lowest BCUT2D eigenvalue weighted by Gasteiger charge is -2.04. The van der Waals surface area contributed by atoms with Crippen molar-refractivity contribution < 1.29 is 4.39 Å². The molecule has 0 spiro atoms. The van der Waals surface area contributed by atoms with E-state index in [4.69, 9.17) is 5.73 Å². The lowest BCUT2D eigenvalue weighted by atomic mass is 10.1. The van der Waals surface area contributed by atoms with Crippen LogP contribution in [0.4, 0.5) is 4.39 Å². The van der Waals surface area contributed by atoms with Crippen molar-refractivity contribution in [1.82, 2.24) is 9.97 Å². The molecule has 0 saturated heterocycles. The fraction of sp³-hybridized carbons (Fsp3) is 0.0625. The molecule has 0 saturated carbocycles. The minimum absolute atomic E-state index is 0.248. The van der Waals surface area contributed by atoms with Crippen LogP contribution in [0, 0.1) is 5.82 Å². The van der Waals surface area contributed by atoms with Crippen LogP contribution in [0.25, 0.3) is 22.6 Å². The van der Waals surface area contributed by atoms with E-state index in [0.29, 0.717) is 6.54 Å². The number of hydrogen-bond donors (Lipinski definition) is 2. The first-order valence-electron chi connectivity index (χ1n) is 6.37. The van der Waals surface area contributed by atoms with Crippen molar-refractivity contribution >= 4 is 0 Å². The Morgan fingerprint density at radius 3 is 2.55 bits per heavy atom. The zero-order valence-electron chi connectivity index (χ0n) is 10.8. The predicted molar refractivity (Wildman–Crippen MR) is 77.3 cm³/mol. The van der Waals surface area contributed by atoms with Crippen LogP contribution < -0.4 is 5.73 Å². The van der Waals surface area contributed by atoms with E-state index in [1.807, 2.05) is 24.3 Å². The second-order valence-electron chi connectivity index (χ2n) is 4.51. The number of halogens is 1. The number of nitrogens with zero attached hydrogens (tertiary/aromatic N) is 1. The third kappa shape index (κ3) is 2.33. The molecule has 3 N–H and O–H groups in total. The average Bonchev–Trinajstić information content (AvgIpc) is 2.97. The van der Waals surface area contributed by atoms with Gasteiger partial charge in [-0.1, -0.05) is 24.3 Å². The zero-order valence-corrected chi connectivity index (χ0v) is 10.8. The van der Waals surface area contributed by atoms with Gasteiger partial charge in [-0.05, 0) is 35.4 Å². The van der Waals surface area contributed by atoms with E-state index in [2.05, 4.69) is 9.97 Å². The summed E-state index contributed by atoms with van der Waals surface area (Å²) in [6.45, 7) is 0.461. The van der Waals surface area contributed by atoms with E-state index in [9.17, 15) is 4.39 Å². The van der Waals surface area contributed by atoms with E-state index < -0.39 is 0 Å². The number of imidazole rings is 1. The number of rotatable bonds is 3. The zero-order chi connectivity index (χ0) is 13.9. The molecule has 0 radical (unpaired) electrons. The van der Waals surface area contributed by atoms with Crippen LogP contribution in [0.1, 0.15) is 5.56 Å². The summed E-state index contributed by atoms with van der Waals surface area (Å²) in [5.41, 5.74) is 9.52. The fourth-order valence-corrected chi connectivity index (χ4v) is 2.16. The Bertz CT molecular complexity index is 717. The van der Waals surface area contributed by atoms with Crippen LogP contribution in [0.5, 0.6) is 0 Å². The van der Waals surface area contributed by atoms with Gasteiger partial charge in [-0.25, -0.2) is 9.37 Å². The second kappa shape index (κ2) is 5.27.